The van der Waals surface area contributed by atoms with E-state index >= 15 is 0 Å². The Labute approximate surface area is 88.8 Å². The Kier molecular flexibility index (Phi) is 2.51. The quantitative estimate of drug-likeness (QED) is 0.678. The van der Waals surface area contributed by atoms with Gasteiger partial charge in [-0.15, -0.1) is 0 Å². The van der Waals surface area contributed by atoms with Gasteiger partial charge in [0.2, 0.25) is 6.04 Å². The molecule has 2 aromatic rings. The van der Waals surface area contributed by atoms with Crippen LogP contribution in [0, 0.1) is 6.57 Å². The predicted molar refractivity (Wildman–Crippen MR) is 58.6 cm³/mol. The zero-order valence-electron chi connectivity index (χ0n) is 8.46. The van der Waals surface area contributed by atoms with Crippen molar-refractivity contribution in [2.75, 3.05) is 0 Å². The van der Waals surface area contributed by atoms with E-state index in [9.17, 15) is 0 Å². The minimum Gasteiger partial charge on any atom is -0.309 e. The maximum atomic E-state index is 7.06. The Hall–Kier alpha value is -2.08. The van der Waals surface area contributed by atoms with Crippen LogP contribution in [0.15, 0.2) is 42.7 Å². The summed E-state index contributed by atoms with van der Waals surface area (Å²) in [5, 5.41) is 4.18. The molecule has 74 valence electrons. The Balaban J connectivity index is 2.53. The lowest BCUT2D eigenvalue weighted by molar-refractivity contribution is 0.841. The molecule has 0 radical (unpaired) electrons. The summed E-state index contributed by atoms with van der Waals surface area (Å²) in [4.78, 5) is 3.54. The number of nitrogens with zero attached hydrogens (tertiary/aromatic N) is 3. The maximum absolute atomic E-state index is 7.06. The zero-order valence-corrected chi connectivity index (χ0v) is 8.46. The van der Waals surface area contributed by atoms with Crippen LogP contribution in [0.1, 0.15) is 18.5 Å². The number of benzene rings is 1. The number of hydrogen-bond acceptors (Lipinski definition) is 1. The van der Waals surface area contributed by atoms with Gasteiger partial charge in [-0.05, 0) is 18.2 Å². The minimum absolute atomic E-state index is 0.134. The summed E-state index contributed by atoms with van der Waals surface area (Å²) >= 11 is 0. The number of para-hydroxylation sites is 1. The molecule has 2 rings (SSSR count). The summed E-state index contributed by atoms with van der Waals surface area (Å²) in [5.41, 5.74) is 1.99. The van der Waals surface area contributed by atoms with Gasteiger partial charge in [0, 0.05) is 19.3 Å². The van der Waals surface area contributed by atoms with Gasteiger partial charge < -0.3 is 4.85 Å². The topological polar surface area (TPSA) is 22.2 Å². The van der Waals surface area contributed by atoms with Crippen molar-refractivity contribution in [3.8, 4) is 5.69 Å². The third kappa shape index (κ3) is 1.75. The Morgan fingerprint density at radius 2 is 2.13 bits per heavy atom. The van der Waals surface area contributed by atoms with Crippen molar-refractivity contribution in [1.29, 1.82) is 0 Å². The van der Waals surface area contributed by atoms with Gasteiger partial charge in [0.15, 0.2) is 0 Å². The number of rotatable bonds is 2. The summed E-state index contributed by atoms with van der Waals surface area (Å²) in [7, 11) is 0. The first-order valence-corrected chi connectivity index (χ1v) is 4.78. The molecule has 3 heteroatoms. The molecule has 15 heavy (non-hydrogen) atoms. The highest BCUT2D eigenvalue weighted by atomic mass is 15.3. The average molecular weight is 197 g/mol. The molecule has 1 atom stereocenters. The van der Waals surface area contributed by atoms with Crippen LogP contribution in [0.25, 0.3) is 10.5 Å². The van der Waals surface area contributed by atoms with E-state index in [1.807, 2.05) is 43.5 Å². The molecule has 1 heterocycles. The van der Waals surface area contributed by atoms with E-state index in [0.717, 1.165) is 11.3 Å². The van der Waals surface area contributed by atoms with E-state index in [0.29, 0.717) is 0 Å². The molecule has 0 amide bonds. The van der Waals surface area contributed by atoms with Gasteiger partial charge in [-0.2, -0.15) is 5.10 Å². The fraction of sp³-hybridized carbons (Fsp3) is 0.167. The molecule has 0 N–H and O–H groups in total. The Bertz CT molecular complexity index is 480. The molecule has 0 aliphatic rings. The summed E-state index contributed by atoms with van der Waals surface area (Å²) in [6.07, 6.45) is 3.62. The molecule has 0 bridgehead atoms. The van der Waals surface area contributed by atoms with E-state index in [2.05, 4.69) is 9.94 Å². The second-order valence-corrected chi connectivity index (χ2v) is 3.31. The van der Waals surface area contributed by atoms with Crippen molar-refractivity contribution >= 4 is 0 Å². The van der Waals surface area contributed by atoms with Gasteiger partial charge in [-0.1, -0.05) is 12.1 Å². The molecule has 3 nitrogen and oxygen atoms in total. The van der Waals surface area contributed by atoms with Crippen LogP contribution in [0.4, 0.5) is 0 Å². The Morgan fingerprint density at radius 1 is 1.33 bits per heavy atom. The molecule has 0 saturated heterocycles. The normalized spacial score (nSPS) is 12.0. The third-order valence-corrected chi connectivity index (χ3v) is 2.33. The maximum Gasteiger partial charge on any atom is 0.248 e. The first-order valence-electron chi connectivity index (χ1n) is 4.78. The summed E-state index contributed by atoms with van der Waals surface area (Å²) in [6, 6.07) is 9.59. The van der Waals surface area contributed by atoms with Crippen LogP contribution >= 0.6 is 0 Å². The molecule has 1 aromatic carbocycles. The predicted octanol–water partition coefficient (Wildman–Crippen LogP) is 2.85. The largest absolute Gasteiger partial charge is 0.309 e. The van der Waals surface area contributed by atoms with Gasteiger partial charge in [0.05, 0.1) is 11.3 Å². The Morgan fingerprint density at radius 3 is 2.80 bits per heavy atom. The summed E-state index contributed by atoms with van der Waals surface area (Å²) in [6.45, 7) is 8.96. The van der Waals surface area contributed by atoms with E-state index in [-0.39, 0.29) is 6.04 Å². The fourth-order valence-electron chi connectivity index (χ4n) is 1.53. The van der Waals surface area contributed by atoms with E-state index in [1.165, 1.54) is 0 Å². The minimum atomic E-state index is -0.134. The van der Waals surface area contributed by atoms with Gasteiger partial charge in [0.1, 0.15) is 0 Å². The molecular weight excluding hydrogens is 186 g/mol. The standard InChI is InChI=1S/C12H11N3/c1-10(13-2)11-6-3-4-7-12(11)15-9-5-8-14-15/h3-10H,1H3. The summed E-state index contributed by atoms with van der Waals surface area (Å²) < 4.78 is 1.79. The zero-order chi connectivity index (χ0) is 10.7. The van der Waals surface area contributed by atoms with Crippen molar-refractivity contribution in [2.45, 2.75) is 13.0 Å². The highest BCUT2D eigenvalue weighted by molar-refractivity contribution is 5.43. The second kappa shape index (κ2) is 3.97. The van der Waals surface area contributed by atoms with Crippen molar-refractivity contribution in [3.05, 3.63) is 59.7 Å². The number of aromatic nitrogens is 2. The van der Waals surface area contributed by atoms with Crippen LogP contribution < -0.4 is 0 Å². The SMILES string of the molecule is [C-]#[N+]C(C)c1ccccc1-n1cccn1. The third-order valence-electron chi connectivity index (χ3n) is 2.33. The highest BCUT2D eigenvalue weighted by Gasteiger charge is 2.14. The second-order valence-electron chi connectivity index (χ2n) is 3.31. The lowest BCUT2D eigenvalue weighted by atomic mass is 10.1. The van der Waals surface area contributed by atoms with Crippen molar-refractivity contribution in [1.82, 2.24) is 9.78 Å². The van der Waals surface area contributed by atoms with Crippen LogP contribution in [0.3, 0.4) is 0 Å². The fourth-order valence-corrected chi connectivity index (χ4v) is 1.53. The van der Waals surface area contributed by atoms with Gasteiger partial charge in [-0.25, -0.2) is 11.3 Å². The van der Waals surface area contributed by atoms with Gasteiger partial charge in [0.25, 0.3) is 0 Å². The molecule has 1 unspecified atom stereocenters. The van der Waals surface area contributed by atoms with Gasteiger partial charge >= 0.3 is 0 Å². The molecule has 0 aliphatic heterocycles. The van der Waals surface area contributed by atoms with E-state index in [4.69, 9.17) is 6.57 Å². The van der Waals surface area contributed by atoms with E-state index in [1.54, 1.807) is 10.9 Å². The van der Waals surface area contributed by atoms with Crippen molar-refractivity contribution in [3.63, 3.8) is 0 Å². The molecule has 0 aliphatic carbocycles. The van der Waals surface area contributed by atoms with Crippen LogP contribution in [-0.4, -0.2) is 9.78 Å². The molecular formula is C12H11N3. The van der Waals surface area contributed by atoms with Crippen molar-refractivity contribution < 1.29 is 0 Å². The van der Waals surface area contributed by atoms with Gasteiger partial charge in [-0.3, -0.25) is 0 Å². The molecule has 1 aromatic heterocycles. The van der Waals surface area contributed by atoms with Crippen molar-refractivity contribution in [2.24, 2.45) is 0 Å². The van der Waals surface area contributed by atoms with Crippen LogP contribution in [0.2, 0.25) is 0 Å². The lowest BCUT2D eigenvalue weighted by Gasteiger charge is -2.07. The van der Waals surface area contributed by atoms with E-state index < -0.39 is 0 Å². The number of hydrogen-bond donors (Lipinski definition) is 0. The molecule has 0 fully saturated rings. The summed E-state index contributed by atoms with van der Waals surface area (Å²) in [5.74, 6) is 0. The smallest absolute Gasteiger partial charge is 0.248 e. The van der Waals surface area contributed by atoms with Crippen LogP contribution in [0.5, 0.6) is 0 Å². The monoisotopic (exact) mass is 197 g/mol. The molecule has 0 saturated carbocycles. The first kappa shape index (κ1) is 9.47. The first-order chi connectivity index (χ1) is 7.33. The highest BCUT2D eigenvalue weighted by Crippen LogP contribution is 2.23. The molecule has 0 spiro atoms. The lowest BCUT2D eigenvalue weighted by Crippen LogP contribution is -2.00. The van der Waals surface area contributed by atoms with Crippen LogP contribution in [-0.2, 0) is 0 Å². The average Bonchev–Trinajstić information content (AvgIpc) is 2.81.